The molecule has 15 heavy (non-hydrogen) atoms. The van der Waals surface area contributed by atoms with Crippen LogP contribution in [0, 0.1) is 11.7 Å². The van der Waals surface area contributed by atoms with Crippen LogP contribution in [0.2, 0.25) is 0 Å². The molecule has 2 nitrogen and oxygen atoms in total. The maximum atomic E-state index is 13.5. The topological polar surface area (TPSA) is 40.5 Å². The van der Waals surface area contributed by atoms with Gasteiger partial charge in [0, 0.05) is 11.1 Å². The minimum absolute atomic E-state index is 0.0263. The molecule has 2 rings (SSSR count). The number of aliphatic hydroxyl groups is 2. The Balaban J connectivity index is 2.36. The second-order valence-electron chi connectivity index (χ2n) is 3.88. The van der Waals surface area contributed by atoms with Crippen molar-refractivity contribution in [2.45, 2.75) is 18.9 Å². The molecule has 4 heteroatoms. The van der Waals surface area contributed by atoms with Crippen LogP contribution in [0.15, 0.2) is 16.6 Å². The van der Waals surface area contributed by atoms with E-state index < -0.39 is 6.10 Å². The molecule has 0 aliphatic heterocycles. The van der Waals surface area contributed by atoms with Gasteiger partial charge in [-0.3, -0.25) is 0 Å². The molecule has 1 aromatic carbocycles. The molecule has 0 fully saturated rings. The monoisotopic (exact) mass is 274 g/mol. The van der Waals surface area contributed by atoms with Crippen molar-refractivity contribution in [3.8, 4) is 0 Å². The van der Waals surface area contributed by atoms with Crippen LogP contribution in [0.5, 0.6) is 0 Å². The van der Waals surface area contributed by atoms with Gasteiger partial charge < -0.3 is 10.2 Å². The summed E-state index contributed by atoms with van der Waals surface area (Å²) in [6.07, 6.45) is 0.363. The number of hydrogen-bond donors (Lipinski definition) is 2. The molecule has 0 radical (unpaired) electrons. The Morgan fingerprint density at radius 1 is 1.47 bits per heavy atom. The average molecular weight is 275 g/mol. The maximum Gasteiger partial charge on any atom is 0.127 e. The van der Waals surface area contributed by atoms with Crippen molar-refractivity contribution in [3.05, 3.63) is 33.5 Å². The third-order valence-electron chi connectivity index (χ3n) is 2.93. The normalized spacial score (nSPS) is 24.3. The number of aliphatic hydroxyl groups excluding tert-OH is 2. The van der Waals surface area contributed by atoms with Crippen LogP contribution in [0.25, 0.3) is 0 Å². The minimum Gasteiger partial charge on any atom is -0.396 e. The van der Waals surface area contributed by atoms with Crippen LogP contribution in [0.3, 0.4) is 0 Å². The Morgan fingerprint density at radius 3 is 2.87 bits per heavy atom. The number of hydrogen-bond acceptors (Lipinski definition) is 2. The van der Waals surface area contributed by atoms with Crippen molar-refractivity contribution in [1.82, 2.24) is 0 Å². The fraction of sp³-hybridized carbons (Fsp3) is 0.455. The SMILES string of the molecule is OCC[C@@H]1Cc2c(F)cc(Br)cc2[C@H]1O. The quantitative estimate of drug-likeness (QED) is 0.868. The van der Waals surface area contributed by atoms with Crippen molar-refractivity contribution in [3.63, 3.8) is 0 Å². The molecular weight excluding hydrogens is 263 g/mol. The van der Waals surface area contributed by atoms with Gasteiger partial charge in [-0.05, 0) is 42.0 Å². The lowest BCUT2D eigenvalue weighted by atomic mass is 10.0. The van der Waals surface area contributed by atoms with Crippen LogP contribution in [0.1, 0.15) is 23.7 Å². The summed E-state index contributed by atoms with van der Waals surface area (Å²) in [7, 11) is 0. The van der Waals surface area contributed by atoms with Crippen molar-refractivity contribution in [2.24, 2.45) is 5.92 Å². The molecule has 0 bridgehead atoms. The summed E-state index contributed by atoms with van der Waals surface area (Å²) in [5.74, 6) is -0.340. The standard InChI is InChI=1S/C11H12BrFO2/c12-7-4-9-8(10(13)5-7)3-6(1-2-14)11(9)15/h4-6,11,14-15H,1-3H2/t6-,11+/m1/s1. The van der Waals surface area contributed by atoms with Gasteiger partial charge in [-0.1, -0.05) is 15.9 Å². The van der Waals surface area contributed by atoms with E-state index in [0.29, 0.717) is 28.4 Å². The van der Waals surface area contributed by atoms with E-state index in [1.54, 1.807) is 6.07 Å². The molecule has 0 amide bonds. The second kappa shape index (κ2) is 4.20. The fourth-order valence-electron chi connectivity index (χ4n) is 2.16. The molecule has 1 aromatic rings. The minimum atomic E-state index is -0.654. The molecule has 0 heterocycles. The smallest absolute Gasteiger partial charge is 0.127 e. The molecule has 82 valence electrons. The molecule has 0 saturated heterocycles. The second-order valence-corrected chi connectivity index (χ2v) is 4.79. The van der Waals surface area contributed by atoms with Gasteiger partial charge in [0.05, 0.1) is 6.10 Å². The van der Waals surface area contributed by atoms with Crippen LogP contribution >= 0.6 is 15.9 Å². The van der Waals surface area contributed by atoms with E-state index >= 15 is 0 Å². The number of halogens is 2. The first kappa shape index (κ1) is 11.0. The highest BCUT2D eigenvalue weighted by atomic mass is 79.9. The van der Waals surface area contributed by atoms with Crippen LogP contribution in [0.4, 0.5) is 4.39 Å². The average Bonchev–Trinajstić information content (AvgIpc) is 2.47. The van der Waals surface area contributed by atoms with E-state index in [0.717, 1.165) is 0 Å². The summed E-state index contributed by atoms with van der Waals surface area (Å²) in [6.45, 7) is 0.0263. The number of fused-ring (bicyclic) bond motifs is 1. The van der Waals surface area contributed by atoms with E-state index in [1.807, 2.05) is 0 Å². The molecule has 1 aliphatic rings. The summed E-state index contributed by atoms with van der Waals surface area (Å²) in [6, 6.07) is 3.16. The lowest BCUT2D eigenvalue weighted by molar-refractivity contribution is 0.104. The molecule has 2 N–H and O–H groups in total. The molecule has 0 spiro atoms. The van der Waals surface area contributed by atoms with Gasteiger partial charge in [-0.2, -0.15) is 0 Å². The summed E-state index contributed by atoms with van der Waals surface area (Å²) in [5.41, 5.74) is 1.24. The lowest BCUT2D eigenvalue weighted by Crippen LogP contribution is -2.08. The predicted octanol–water partition coefficient (Wildman–Crippen LogP) is 2.18. The van der Waals surface area contributed by atoms with Crippen LogP contribution in [-0.2, 0) is 6.42 Å². The molecule has 1 aliphatic carbocycles. The van der Waals surface area contributed by atoms with Crippen molar-refractivity contribution < 1.29 is 14.6 Å². The Hall–Kier alpha value is -0.450. The van der Waals surface area contributed by atoms with Gasteiger partial charge in [-0.25, -0.2) is 4.39 Å². The highest BCUT2D eigenvalue weighted by molar-refractivity contribution is 9.10. The summed E-state index contributed by atoms with van der Waals surface area (Å²) in [5, 5.41) is 18.8. The third kappa shape index (κ3) is 1.94. The highest BCUT2D eigenvalue weighted by Gasteiger charge is 2.32. The molecule has 0 saturated carbocycles. The molecule has 2 atom stereocenters. The van der Waals surface area contributed by atoms with Crippen molar-refractivity contribution in [1.29, 1.82) is 0 Å². The predicted molar refractivity (Wildman–Crippen MR) is 58.0 cm³/mol. The number of benzene rings is 1. The summed E-state index contributed by atoms with van der Waals surface area (Å²) in [4.78, 5) is 0. The zero-order valence-electron chi connectivity index (χ0n) is 8.08. The molecular formula is C11H12BrFO2. The van der Waals surface area contributed by atoms with Gasteiger partial charge >= 0.3 is 0 Å². The zero-order chi connectivity index (χ0) is 11.0. The largest absolute Gasteiger partial charge is 0.396 e. The zero-order valence-corrected chi connectivity index (χ0v) is 9.67. The fourth-order valence-corrected chi connectivity index (χ4v) is 2.60. The Labute approximate surface area is 95.9 Å². The molecule has 0 unspecified atom stereocenters. The Morgan fingerprint density at radius 2 is 2.20 bits per heavy atom. The highest BCUT2D eigenvalue weighted by Crippen LogP contribution is 2.40. The van der Waals surface area contributed by atoms with Crippen LogP contribution < -0.4 is 0 Å². The van der Waals surface area contributed by atoms with E-state index in [2.05, 4.69) is 15.9 Å². The van der Waals surface area contributed by atoms with Gasteiger partial charge in [0.15, 0.2) is 0 Å². The summed E-state index contributed by atoms with van der Waals surface area (Å²) >= 11 is 3.20. The maximum absolute atomic E-state index is 13.5. The van der Waals surface area contributed by atoms with Gasteiger partial charge in [-0.15, -0.1) is 0 Å². The summed E-state index contributed by atoms with van der Waals surface area (Å²) < 4.78 is 14.2. The first-order valence-electron chi connectivity index (χ1n) is 4.90. The van der Waals surface area contributed by atoms with E-state index in [-0.39, 0.29) is 18.3 Å². The van der Waals surface area contributed by atoms with Gasteiger partial charge in [0.1, 0.15) is 5.82 Å². The van der Waals surface area contributed by atoms with Gasteiger partial charge in [0.25, 0.3) is 0 Å². The lowest BCUT2D eigenvalue weighted by Gasteiger charge is -2.12. The van der Waals surface area contributed by atoms with E-state index in [9.17, 15) is 9.50 Å². The van der Waals surface area contributed by atoms with Crippen molar-refractivity contribution in [2.75, 3.05) is 6.61 Å². The van der Waals surface area contributed by atoms with E-state index in [1.165, 1.54) is 6.07 Å². The van der Waals surface area contributed by atoms with Crippen molar-refractivity contribution >= 4 is 15.9 Å². The Bertz CT molecular complexity index is 381. The first-order valence-corrected chi connectivity index (χ1v) is 5.69. The van der Waals surface area contributed by atoms with E-state index in [4.69, 9.17) is 5.11 Å². The third-order valence-corrected chi connectivity index (χ3v) is 3.38. The number of rotatable bonds is 2. The van der Waals surface area contributed by atoms with Gasteiger partial charge in [0.2, 0.25) is 0 Å². The van der Waals surface area contributed by atoms with Crippen LogP contribution in [-0.4, -0.2) is 16.8 Å². The Kier molecular flexibility index (Phi) is 3.09. The molecule has 0 aromatic heterocycles. The first-order chi connectivity index (χ1) is 7.13.